The van der Waals surface area contributed by atoms with E-state index in [1.54, 1.807) is 23.0 Å². The number of carbonyl (C=O) groups excluding carboxylic acids is 1. The molecule has 27 heavy (non-hydrogen) atoms. The molecule has 2 aliphatic rings. The zero-order valence-electron chi connectivity index (χ0n) is 14.9. The van der Waals surface area contributed by atoms with Gasteiger partial charge in [0.05, 0.1) is 5.56 Å². The Balaban J connectivity index is 1.27. The van der Waals surface area contributed by atoms with Crippen molar-refractivity contribution < 1.29 is 9.18 Å². The summed E-state index contributed by atoms with van der Waals surface area (Å²) >= 11 is 0. The highest BCUT2D eigenvalue weighted by Gasteiger charge is 2.31. The number of likely N-dealkylation sites (tertiary alicyclic amines) is 1. The van der Waals surface area contributed by atoms with Crippen LogP contribution >= 0.6 is 0 Å². The summed E-state index contributed by atoms with van der Waals surface area (Å²) in [5.41, 5.74) is 3.63. The molecule has 5 rings (SSSR count). The topological polar surface area (TPSA) is 53.7 Å². The normalized spacial score (nSPS) is 17.5. The molecule has 2 aromatic heterocycles. The van der Waals surface area contributed by atoms with Gasteiger partial charge < -0.3 is 9.80 Å². The number of aromatic nitrogens is 3. The Hall–Kier alpha value is -2.96. The lowest BCUT2D eigenvalue weighted by molar-refractivity contribution is 0.0712. The molecule has 1 saturated heterocycles. The molecule has 0 unspecified atom stereocenters. The summed E-state index contributed by atoms with van der Waals surface area (Å²) in [4.78, 5) is 17.2. The lowest BCUT2D eigenvalue weighted by atomic mass is 10.0. The van der Waals surface area contributed by atoms with Crippen LogP contribution in [0.2, 0.25) is 0 Å². The number of nitrogens with zero attached hydrogens (tertiary/aromatic N) is 5. The maximum Gasteiger partial charge on any atom is 0.255 e. The SMILES string of the molecule is O=C(c1ccc2nncn2c1)N1CCC(N2CCc3cc(F)ccc32)CC1. The molecule has 0 radical (unpaired) electrons. The third-order valence-electron chi connectivity index (χ3n) is 5.70. The van der Waals surface area contributed by atoms with E-state index in [0.717, 1.165) is 55.8 Å². The Kier molecular flexibility index (Phi) is 3.81. The summed E-state index contributed by atoms with van der Waals surface area (Å²) in [6, 6.07) is 9.10. The quantitative estimate of drug-likeness (QED) is 0.700. The minimum absolute atomic E-state index is 0.0490. The van der Waals surface area contributed by atoms with E-state index in [4.69, 9.17) is 0 Å². The molecule has 138 valence electrons. The largest absolute Gasteiger partial charge is 0.368 e. The first-order chi connectivity index (χ1) is 13.2. The minimum atomic E-state index is -0.166. The van der Waals surface area contributed by atoms with E-state index in [0.29, 0.717) is 11.6 Å². The molecule has 0 atom stereocenters. The molecular weight excluding hydrogens is 345 g/mol. The van der Waals surface area contributed by atoms with Crippen LogP contribution < -0.4 is 4.90 Å². The average Bonchev–Trinajstić information content (AvgIpc) is 3.33. The predicted octanol–water partition coefficient (Wildman–Crippen LogP) is 2.54. The van der Waals surface area contributed by atoms with Crippen molar-refractivity contribution in [2.45, 2.75) is 25.3 Å². The fourth-order valence-electron chi connectivity index (χ4n) is 4.29. The van der Waals surface area contributed by atoms with Crippen molar-refractivity contribution in [3.63, 3.8) is 0 Å². The second-order valence-electron chi connectivity index (χ2n) is 7.25. The van der Waals surface area contributed by atoms with Crippen LogP contribution in [0.25, 0.3) is 5.65 Å². The monoisotopic (exact) mass is 365 g/mol. The second-order valence-corrected chi connectivity index (χ2v) is 7.25. The Morgan fingerprint density at radius 2 is 1.96 bits per heavy atom. The van der Waals surface area contributed by atoms with Crippen molar-refractivity contribution in [1.29, 1.82) is 0 Å². The van der Waals surface area contributed by atoms with Gasteiger partial charge in [0.1, 0.15) is 12.1 Å². The molecule has 4 heterocycles. The maximum absolute atomic E-state index is 13.4. The zero-order chi connectivity index (χ0) is 18.4. The minimum Gasteiger partial charge on any atom is -0.368 e. The predicted molar refractivity (Wildman–Crippen MR) is 99.4 cm³/mol. The van der Waals surface area contributed by atoms with E-state index in [2.05, 4.69) is 15.1 Å². The van der Waals surface area contributed by atoms with Gasteiger partial charge in [-0.1, -0.05) is 0 Å². The second kappa shape index (κ2) is 6.33. The van der Waals surface area contributed by atoms with Crippen molar-refractivity contribution in [1.82, 2.24) is 19.5 Å². The molecule has 0 saturated carbocycles. The molecule has 0 aliphatic carbocycles. The molecule has 1 amide bonds. The van der Waals surface area contributed by atoms with Crippen LogP contribution in [0.4, 0.5) is 10.1 Å². The molecule has 0 spiro atoms. The third kappa shape index (κ3) is 2.83. The van der Waals surface area contributed by atoms with Crippen LogP contribution in [-0.4, -0.2) is 51.1 Å². The number of hydrogen-bond acceptors (Lipinski definition) is 4. The number of anilines is 1. The summed E-state index contributed by atoms with van der Waals surface area (Å²) in [6.45, 7) is 2.40. The maximum atomic E-state index is 13.4. The molecule has 1 fully saturated rings. The average molecular weight is 365 g/mol. The summed E-state index contributed by atoms with van der Waals surface area (Å²) < 4.78 is 15.2. The van der Waals surface area contributed by atoms with Crippen molar-refractivity contribution in [2.75, 3.05) is 24.5 Å². The van der Waals surface area contributed by atoms with Gasteiger partial charge in [0, 0.05) is 37.6 Å². The number of pyridine rings is 1. The van der Waals surface area contributed by atoms with Crippen LogP contribution in [0.3, 0.4) is 0 Å². The molecule has 2 aliphatic heterocycles. The molecule has 7 heteroatoms. The van der Waals surface area contributed by atoms with E-state index in [1.165, 1.54) is 6.07 Å². The van der Waals surface area contributed by atoms with Crippen molar-refractivity contribution in [3.8, 4) is 0 Å². The summed E-state index contributed by atoms with van der Waals surface area (Å²) in [5, 5.41) is 7.82. The van der Waals surface area contributed by atoms with Gasteiger partial charge in [0.15, 0.2) is 5.65 Å². The molecular formula is C20H20FN5O. The molecule has 0 N–H and O–H groups in total. The van der Waals surface area contributed by atoms with E-state index in [1.807, 2.05) is 23.1 Å². The third-order valence-corrected chi connectivity index (χ3v) is 5.70. The molecule has 6 nitrogen and oxygen atoms in total. The van der Waals surface area contributed by atoms with Gasteiger partial charge in [-0.2, -0.15) is 0 Å². The van der Waals surface area contributed by atoms with Gasteiger partial charge >= 0.3 is 0 Å². The Bertz CT molecular complexity index is 1010. The van der Waals surface area contributed by atoms with Gasteiger partial charge in [0.25, 0.3) is 5.91 Å². The fraction of sp³-hybridized carbons (Fsp3) is 0.350. The summed E-state index contributed by atoms with van der Waals surface area (Å²) in [5.74, 6) is -0.117. The van der Waals surface area contributed by atoms with Crippen LogP contribution in [0.15, 0.2) is 42.9 Å². The van der Waals surface area contributed by atoms with Crippen molar-refractivity contribution in [2.24, 2.45) is 0 Å². The van der Waals surface area contributed by atoms with Gasteiger partial charge in [-0.3, -0.25) is 9.20 Å². The Morgan fingerprint density at radius 1 is 1.11 bits per heavy atom. The number of rotatable bonds is 2. The molecule has 0 bridgehead atoms. The molecule has 1 aromatic carbocycles. The van der Waals surface area contributed by atoms with Gasteiger partial charge in [-0.05, 0) is 55.2 Å². The zero-order valence-corrected chi connectivity index (χ0v) is 14.9. The highest BCUT2D eigenvalue weighted by Crippen LogP contribution is 2.33. The van der Waals surface area contributed by atoms with E-state index >= 15 is 0 Å². The van der Waals surface area contributed by atoms with Crippen LogP contribution in [0.5, 0.6) is 0 Å². The number of fused-ring (bicyclic) bond motifs is 2. The summed E-state index contributed by atoms with van der Waals surface area (Å²) in [7, 11) is 0. The standard InChI is InChI=1S/C20H20FN5O/c21-16-2-3-18-14(11-16)5-10-26(18)17-6-8-24(9-7-17)20(27)15-1-4-19-23-22-13-25(19)12-15/h1-4,11-13,17H,5-10H2. The van der Waals surface area contributed by atoms with Crippen LogP contribution in [0, 0.1) is 5.82 Å². The van der Waals surface area contributed by atoms with Crippen molar-refractivity contribution in [3.05, 3.63) is 59.8 Å². The number of carbonyl (C=O) groups is 1. The highest BCUT2D eigenvalue weighted by atomic mass is 19.1. The van der Waals surface area contributed by atoms with Gasteiger partial charge in [-0.15, -0.1) is 10.2 Å². The van der Waals surface area contributed by atoms with Gasteiger partial charge in [-0.25, -0.2) is 4.39 Å². The Morgan fingerprint density at radius 3 is 2.81 bits per heavy atom. The number of hydrogen-bond donors (Lipinski definition) is 0. The highest BCUT2D eigenvalue weighted by molar-refractivity contribution is 5.94. The number of amides is 1. The molecule has 3 aromatic rings. The van der Waals surface area contributed by atoms with Crippen molar-refractivity contribution >= 4 is 17.2 Å². The Labute approximate surface area is 156 Å². The lowest BCUT2D eigenvalue weighted by Gasteiger charge is -2.38. The first-order valence-electron chi connectivity index (χ1n) is 9.33. The van der Waals surface area contributed by atoms with E-state index < -0.39 is 0 Å². The summed E-state index contributed by atoms with van der Waals surface area (Å²) in [6.07, 6.45) is 6.14. The number of piperidine rings is 1. The first kappa shape index (κ1) is 16.2. The van der Waals surface area contributed by atoms with Crippen LogP contribution in [0.1, 0.15) is 28.8 Å². The smallest absolute Gasteiger partial charge is 0.255 e. The van der Waals surface area contributed by atoms with E-state index in [-0.39, 0.29) is 11.7 Å². The number of benzene rings is 1. The first-order valence-corrected chi connectivity index (χ1v) is 9.33. The van der Waals surface area contributed by atoms with E-state index in [9.17, 15) is 9.18 Å². The fourth-order valence-corrected chi connectivity index (χ4v) is 4.29. The van der Waals surface area contributed by atoms with Gasteiger partial charge in [0.2, 0.25) is 0 Å². The van der Waals surface area contributed by atoms with Crippen LogP contribution in [-0.2, 0) is 6.42 Å². The lowest BCUT2D eigenvalue weighted by Crippen LogP contribution is -2.46. The number of halogens is 1.